The molecule has 0 heterocycles. The van der Waals surface area contributed by atoms with Gasteiger partial charge in [-0.2, -0.15) is 21.6 Å². The van der Waals surface area contributed by atoms with Gasteiger partial charge in [0.2, 0.25) is 0 Å². The van der Waals surface area contributed by atoms with E-state index < -0.39 is 49.1 Å². The first-order valence-electron chi connectivity index (χ1n) is 9.30. The van der Waals surface area contributed by atoms with Gasteiger partial charge in [0.15, 0.2) is 0 Å². The molecule has 16 heteroatoms. The number of nitro groups is 1. The first-order chi connectivity index (χ1) is 16.7. The van der Waals surface area contributed by atoms with Gasteiger partial charge in [-0.1, -0.05) is 40.9 Å². The summed E-state index contributed by atoms with van der Waals surface area (Å²) in [4.78, 5) is 23.1. The van der Waals surface area contributed by atoms with E-state index in [4.69, 9.17) is 39.5 Å². The maximum atomic E-state index is 12.8. The molecule has 0 aliphatic heterocycles. The molecule has 0 bridgehead atoms. The molecule has 0 unspecified atom stereocenters. The monoisotopic (exact) mass is 583 g/mol. The van der Waals surface area contributed by atoms with Crippen LogP contribution < -0.4 is 14.2 Å². The highest BCUT2D eigenvalue weighted by Crippen LogP contribution is 2.37. The van der Waals surface area contributed by atoms with Crippen molar-refractivity contribution in [3.8, 4) is 11.5 Å². The van der Waals surface area contributed by atoms with Gasteiger partial charge in [-0.05, 0) is 36.4 Å². The van der Waals surface area contributed by atoms with Crippen molar-refractivity contribution in [1.29, 1.82) is 0 Å². The summed E-state index contributed by atoms with van der Waals surface area (Å²) in [6, 6.07) is 8.94. The van der Waals surface area contributed by atoms with E-state index in [9.17, 15) is 36.5 Å². The van der Waals surface area contributed by atoms with Crippen LogP contribution in [0.2, 0.25) is 15.1 Å². The molecule has 0 aromatic heterocycles. The van der Waals surface area contributed by atoms with Crippen molar-refractivity contribution in [2.45, 2.75) is 6.18 Å². The SMILES string of the molecule is O=C(NS(=O)(=O)Nc1cccc(Cl)c1Cl)c1cc(Oc2ccc(C(F)(F)F)cc2Cl)ccc1[N+](=O)[O-]. The van der Waals surface area contributed by atoms with Gasteiger partial charge in [-0.25, -0.2) is 4.72 Å². The number of amides is 1. The topological polar surface area (TPSA) is 128 Å². The Kier molecular flexibility index (Phi) is 7.88. The lowest BCUT2D eigenvalue weighted by Crippen LogP contribution is -2.35. The summed E-state index contributed by atoms with van der Waals surface area (Å²) in [6.45, 7) is 0. The van der Waals surface area contributed by atoms with Gasteiger partial charge >= 0.3 is 16.4 Å². The highest BCUT2D eigenvalue weighted by atomic mass is 35.5. The summed E-state index contributed by atoms with van der Waals surface area (Å²) in [5, 5.41) is 10.8. The third kappa shape index (κ3) is 6.49. The molecule has 0 radical (unpaired) electrons. The Labute approximate surface area is 216 Å². The second-order valence-electron chi connectivity index (χ2n) is 6.82. The zero-order valence-corrected chi connectivity index (χ0v) is 20.4. The van der Waals surface area contributed by atoms with Crippen LogP contribution in [0, 0.1) is 10.1 Å². The summed E-state index contributed by atoms with van der Waals surface area (Å²) in [7, 11) is -4.64. The molecule has 9 nitrogen and oxygen atoms in total. The van der Waals surface area contributed by atoms with Gasteiger partial charge < -0.3 is 4.74 Å². The third-order valence-corrected chi connectivity index (χ3v) is 6.38. The van der Waals surface area contributed by atoms with E-state index in [1.54, 1.807) is 4.72 Å². The van der Waals surface area contributed by atoms with Gasteiger partial charge in [0.25, 0.3) is 11.6 Å². The number of carbonyl (C=O) groups is 1. The molecule has 0 atom stereocenters. The molecule has 3 aromatic rings. The van der Waals surface area contributed by atoms with Crippen LogP contribution in [0.5, 0.6) is 11.5 Å². The van der Waals surface area contributed by atoms with Crippen molar-refractivity contribution < 1.29 is 36.0 Å². The first kappa shape index (κ1) is 27.3. The van der Waals surface area contributed by atoms with Crippen LogP contribution in [-0.4, -0.2) is 19.2 Å². The zero-order valence-electron chi connectivity index (χ0n) is 17.3. The Balaban J connectivity index is 1.89. The average Bonchev–Trinajstić information content (AvgIpc) is 2.77. The van der Waals surface area contributed by atoms with Crippen LogP contribution in [0.25, 0.3) is 0 Å². The number of hydrogen-bond donors (Lipinski definition) is 2. The second kappa shape index (κ2) is 10.4. The molecule has 0 fully saturated rings. The van der Waals surface area contributed by atoms with Gasteiger partial charge in [0.05, 0.1) is 31.2 Å². The normalized spacial score (nSPS) is 11.6. The maximum absolute atomic E-state index is 12.8. The molecule has 3 rings (SSSR count). The van der Waals surface area contributed by atoms with Crippen LogP contribution in [0.15, 0.2) is 54.6 Å². The number of rotatable bonds is 7. The van der Waals surface area contributed by atoms with Gasteiger partial charge in [-0.3, -0.25) is 19.6 Å². The van der Waals surface area contributed by atoms with E-state index in [-0.39, 0.29) is 27.2 Å². The van der Waals surface area contributed by atoms with Crippen LogP contribution in [0.4, 0.5) is 24.5 Å². The van der Waals surface area contributed by atoms with E-state index in [2.05, 4.69) is 0 Å². The Morgan fingerprint density at radius 1 is 1.00 bits per heavy atom. The van der Waals surface area contributed by atoms with Gasteiger partial charge in [0.1, 0.15) is 17.1 Å². The van der Waals surface area contributed by atoms with E-state index in [1.807, 2.05) is 4.72 Å². The third-order valence-electron chi connectivity index (χ3n) is 4.32. The van der Waals surface area contributed by atoms with Crippen molar-refractivity contribution >= 4 is 62.3 Å². The number of nitrogens with zero attached hydrogens (tertiary/aromatic N) is 1. The Bertz CT molecular complexity index is 1470. The molecule has 2 N–H and O–H groups in total. The molecule has 3 aromatic carbocycles. The number of alkyl halides is 3. The molecule has 0 spiro atoms. The first-order valence-corrected chi connectivity index (χ1v) is 11.9. The lowest BCUT2D eigenvalue weighted by molar-refractivity contribution is -0.385. The van der Waals surface area contributed by atoms with Crippen LogP contribution in [0.3, 0.4) is 0 Å². The van der Waals surface area contributed by atoms with Crippen LogP contribution in [-0.2, 0) is 16.4 Å². The average molecular weight is 585 g/mol. The van der Waals surface area contributed by atoms with Crippen molar-refractivity contribution in [2.75, 3.05) is 4.72 Å². The number of halogens is 6. The fourth-order valence-corrected chi connectivity index (χ4v) is 4.22. The van der Waals surface area contributed by atoms with E-state index in [1.165, 1.54) is 18.2 Å². The molecule has 1 amide bonds. The number of carbonyl (C=O) groups excluding carboxylic acids is 1. The zero-order chi connectivity index (χ0) is 26.8. The standard InChI is InChI=1S/C20H11Cl3F3N3O6S/c21-13-2-1-3-15(18(13)23)27-36(33,34)28-19(30)12-9-11(5-6-16(12)29(31)32)35-17-7-4-10(8-14(17)22)20(24,25)26/h1-9,27H,(H,28,30). The second-order valence-corrected chi connectivity index (χ2v) is 9.43. The predicted octanol–water partition coefficient (Wildman–Crippen LogP) is 6.45. The Morgan fingerprint density at radius 3 is 2.31 bits per heavy atom. The molecular formula is C20H11Cl3F3N3O6S. The van der Waals surface area contributed by atoms with Crippen LogP contribution >= 0.6 is 34.8 Å². The number of nitrogens with one attached hydrogen (secondary N) is 2. The van der Waals surface area contributed by atoms with E-state index in [0.29, 0.717) is 12.1 Å². The number of anilines is 1. The number of nitro benzene ring substituents is 1. The minimum absolute atomic E-state index is 0.0191. The molecule has 0 saturated carbocycles. The van der Waals surface area contributed by atoms with Crippen molar-refractivity contribution in [1.82, 2.24) is 4.72 Å². The fraction of sp³-hybridized carbons (Fsp3) is 0.0500. The summed E-state index contributed by atoms with van der Waals surface area (Å²) in [5.41, 5.74) is -2.73. The quantitative estimate of drug-likeness (QED) is 0.243. The summed E-state index contributed by atoms with van der Waals surface area (Å²) < 4.78 is 72.2. The van der Waals surface area contributed by atoms with E-state index >= 15 is 0 Å². The lowest BCUT2D eigenvalue weighted by atomic mass is 10.1. The largest absolute Gasteiger partial charge is 0.456 e. The minimum atomic E-state index is -4.66. The van der Waals surface area contributed by atoms with Crippen molar-refractivity contribution in [3.63, 3.8) is 0 Å². The Morgan fingerprint density at radius 2 is 1.69 bits per heavy atom. The van der Waals surface area contributed by atoms with Crippen molar-refractivity contribution in [3.05, 3.63) is 90.9 Å². The van der Waals surface area contributed by atoms with Crippen LogP contribution in [0.1, 0.15) is 15.9 Å². The number of hydrogen-bond acceptors (Lipinski definition) is 6. The smallest absolute Gasteiger partial charge is 0.416 e. The molecule has 36 heavy (non-hydrogen) atoms. The maximum Gasteiger partial charge on any atom is 0.416 e. The molecular weight excluding hydrogens is 574 g/mol. The summed E-state index contributed by atoms with van der Waals surface area (Å²) in [6.07, 6.45) is -4.66. The number of benzene rings is 3. The van der Waals surface area contributed by atoms with Gasteiger partial charge in [-0.15, -0.1) is 0 Å². The highest BCUT2D eigenvalue weighted by molar-refractivity contribution is 7.91. The Hall–Kier alpha value is -3.26. The predicted molar refractivity (Wildman–Crippen MR) is 126 cm³/mol. The van der Waals surface area contributed by atoms with Crippen molar-refractivity contribution in [2.24, 2.45) is 0 Å². The molecule has 0 aliphatic rings. The summed E-state index contributed by atoms with van der Waals surface area (Å²) >= 11 is 17.6. The number of ether oxygens (including phenoxy) is 1. The van der Waals surface area contributed by atoms with Gasteiger partial charge in [0, 0.05) is 12.1 Å². The lowest BCUT2D eigenvalue weighted by Gasteiger charge is -2.13. The minimum Gasteiger partial charge on any atom is -0.456 e. The molecule has 190 valence electrons. The molecule has 0 aliphatic carbocycles. The molecule has 0 saturated heterocycles. The van der Waals surface area contributed by atoms with E-state index in [0.717, 1.165) is 24.3 Å². The fourth-order valence-electron chi connectivity index (χ4n) is 2.74. The highest BCUT2D eigenvalue weighted by Gasteiger charge is 2.31. The summed E-state index contributed by atoms with van der Waals surface area (Å²) in [5.74, 6) is -1.93.